The van der Waals surface area contributed by atoms with Crippen LogP contribution in [-0.2, 0) is 15.5 Å². The number of hydrogen-bond acceptors (Lipinski definition) is 7. The molecule has 0 aliphatic heterocycles. The van der Waals surface area contributed by atoms with Crippen molar-refractivity contribution in [2.24, 2.45) is 5.73 Å². The topological polar surface area (TPSA) is 136 Å². The van der Waals surface area contributed by atoms with Crippen LogP contribution in [0.15, 0.2) is 0 Å². The van der Waals surface area contributed by atoms with Crippen LogP contribution in [-0.4, -0.2) is 55.5 Å². The average Bonchev–Trinajstić information content (AvgIpc) is 2.17. The number of aliphatic hydroxyl groups excluding tert-OH is 3. The lowest BCUT2D eigenvalue weighted by molar-refractivity contribution is 0.0509. The monoisotopic (exact) mass is 256 g/mol. The summed E-state index contributed by atoms with van der Waals surface area (Å²) in [5.74, 6) is 0. The second-order valence-corrected chi connectivity index (χ2v) is 4.08. The molecule has 0 aliphatic carbocycles. The van der Waals surface area contributed by atoms with Crippen molar-refractivity contribution in [1.29, 1.82) is 0 Å². The summed E-state index contributed by atoms with van der Waals surface area (Å²) in [7, 11) is 0. The Balaban J connectivity index is 4.69. The zero-order valence-electron chi connectivity index (χ0n) is 8.87. The first-order chi connectivity index (χ1) is 7.50. The van der Waals surface area contributed by atoms with E-state index in [2.05, 4.69) is 4.18 Å². The Bertz CT molecular complexity index is 209. The zero-order valence-corrected chi connectivity index (χ0v) is 9.69. The van der Waals surface area contributed by atoms with Gasteiger partial charge in [0.1, 0.15) is 0 Å². The summed E-state index contributed by atoms with van der Waals surface area (Å²) < 4.78 is 25.5. The van der Waals surface area contributed by atoms with E-state index in [-0.39, 0.29) is 39.1 Å². The largest absolute Gasteiger partial charge is 0.750 e. The normalized spacial score (nSPS) is 16.1. The van der Waals surface area contributed by atoms with E-state index in [1.165, 1.54) is 0 Å². The average molecular weight is 256 g/mol. The lowest BCUT2D eigenvalue weighted by Gasteiger charge is -2.36. The van der Waals surface area contributed by atoms with E-state index < -0.39 is 23.0 Å². The van der Waals surface area contributed by atoms with Crippen molar-refractivity contribution >= 4 is 11.4 Å². The Morgan fingerprint density at radius 1 is 1.25 bits per heavy atom. The molecule has 0 spiro atoms. The van der Waals surface area contributed by atoms with Gasteiger partial charge in [-0.25, -0.2) is 4.21 Å². The summed E-state index contributed by atoms with van der Waals surface area (Å²) >= 11 is -2.76. The molecule has 0 aromatic heterocycles. The van der Waals surface area contributed by atoms with Gasteiger partial charge >= 0.3 is 0 Å². The number of aliphatic hydroxyl groups is 3. The molecule has 8 heteroatoms. The van der Waals surface area contributed by atoms with Crippen LogP contribution in [0.4, 0.5) is 0 Å². The van der Waals surface area contributed by atoms with Gasteiger partial charge in [0.2, 0.25) is 0 Å². The molecule has 0 saturated heterocycles. The standard InChI is InChI=1S/C8H19NO6S/c9-8(2-5-11,3-6-12)7(1-4-10)15-16(13)14/h7,10-12H,1-6,9H2,(H,13,14)/p-1. The van der Waals surface area contributed by atoms with Gasteiger partial charge in [-0.2, -0.15) is 0 Å². The third kappa shape index (κ3) is 5.30. The fraction of sp³-hybridized carbons (Fsp3) is 1.00. The van der Waals surface area contributed by atoms with Gasteiger partial charge < -0.3 is 25.6 Å². The van der Waals surface area contributed by atoms with Gasteiger partial charge in [-0.15, -0.1) is 0 Å². The minimum absolute atomic E-state index is 0.0183. The first-order valence-corrected chi connectivity index (χ1v) is 5.88. The lowest BCUT2D eigenvalue weighted by Crippen LogP contribution is -2.53. The fourth-order valence-corrected chi connectivity index (χ4v) is 1.98. The highest BCUT2D eigenvalue weighted by Crippen LogP contribution is 2.22. The van der Waals surface area contributed by atoms with Crippen molar-refractivity contribution in [3.8, 4) is 0 Å². The number of rotatable bonds is 9. The molecule has 0 bridgehead atoms. The van der Waals surface area contributed by atoms with E-state index >= 15 is 0 Å². The minimum Gasteiger partial charge on any atom is -0.750 e. The molecule has 0 radical (unpaired) electrons. The van der Waals surface area contributed by atoms with E-state index in [9.17, 15) is 8.76 Å². The number of nitrogens with two attached hydrogens (primary N) is 1. The Labute approximate surface area is 96.7 Å². The van der Waals surface area contributed by atoms with Crippen molar-refractivity contribution in [1.82, 2.24) is 0 Å². The molecular weight excluding hydrogens is 238 g/mol. The highest BCUT2D eigenvalue weighted by atomic mass is 32.2. The van der Waals surface area contributed by atoms with Crippen molar-refractivity contribution in [2.75, 3.05) is 19.8 Å². The summed E-state index contributed by atoms with van der Waals surface area (Å²) in [6, 6.07) is 0. The van der Waals surface area contributed by atoms with Crippen LogP contribution in [0.5, 0.6) is 0 Å². The smallest absolute Gasteiger partial charge is 0.0939 e. The second kappa shape index (κ2) is 8.07. The van der Waals surface area contributed by atoms with Crippen LogP contribution in [0.25, 0.3) is 0 Å². The van der Waals surface area contributed by atoms with E-state index in [1.54, 1.807) is 0 Å². The van der Waals surface area contributed by atoms with Crippen LogP contribution >= 0.6 is 0 Å². The molecule has 0 heterocycles. The van der Waals surface area contributed by atoms with Gasteiger partial charge in [-0.1, -0.05) is 0 Å². The predicted octanol–water partition coefficient (Wildman–Crippen LogP) is -1.99. The molecule has 16 heavy (non-hydrogen) atoms. The van der Waals surface area contributed by atoms with Gasteiger partial charge in [0.15, 0.2) is 0 Å². The van der Waals surface area contributed by atoms with Crippen molar-refractivity contribution < 1.29 is 28.3 Å². The molecule has 0 aromatic rings. The summed E-state index contributed by atoms with van der Waals surface area (Å²) in [5, 5.41) is 26.5. The Morgan fingerprint density at radius 3 is 2.06 bits per heavy atom. The molecule has 2 unspecified atom stereocenters. The van der Waals surface area contributed by atoms with Gasteiger partial charge in [-0.05, 0) is 19.3 Å². The van der Waals surface area contributed by atoms with Crippen LogP contribution in [0.1, 0.15) is 19.3 Å². The fourth-order valence-electron chi connectivity index (χ4n) is 1.51. The van der Waals surface area contributed by atoms with Crippen LogP contribution in [0, 0.1) is 0 Å². The molecule has 2 atom stereocenters. The molecule has 0 aliphatic rings. The third-order valence-corrected chi connectivity index (χ3v) is 2.77. The van der Waals surface area contributed by atoms with Crippen molar-refractivity contribution in [3.05, 3.63) is 0 Å². The third-order valence-electron chi connectivity index (χ3n) is 2.38. The maximum absolute atomic E-state index is 10.5. The quantitative estimate of drug-likeness (QED) is 0.350. The van der Waals surface area contributed by atoms with Gasteiger partial charge in [0.05, 0.1) is 17.5 Å². The SMILES string of the molecule is NC(CCO)(CCO)C(CCO)OS(=O)[O-]. The highest BCUT2D eigenvalue weighted by Gasteiger charge is 2.35. The molecule has 0 fully saturated rings. The molecule has 0 rings (SSSR count). The van der Waals surface area contributed by atoms with Gasteiger partial charge in [0, 0.05) is 25.4 Å². The molecule has 0 amide bonds. The van der Waals surface area contributed by atoms with Crippen LogP contribution in [0.3, 0.4) is 0 Å². The molecule has 7 nitrogen and oxygen atoms in total. The number of hydrogen-bond donors (Lipinski definition) is 4. The Morgan fingerprint density at radius 2 is 1.75 bits per heavy atom. The second-order valence-electron chi connectivity index (χ2n) is 3.48. The first kappa shape index (κ1) is 15.9. The summed E-state index contributed by atoms with van der Waals surface area (Å²) in [6.45, 7) is -0.807. The Hall–Kier alpha value is -0.0900. The zero-order chi connectivity index (χ0) is 12.6. The first-order valence-electron chi connectivity index (χ1n) is 4.88. The molecule has 5 N–H and O–H groups in total. The van der Waals surface area contributed by atoms with Gasteiger partial charge in [-0.3, -0.25) is 4.18 Å². The van der Waals surface area contributed by atoms with E-state index in [0.29, 0.717) is 0 Å². The predicted molar refractivity (Wildman–Crippen MR) is 55.8 cm³/mol. The maximum Gasteiger partial charge on any atom is 0.0939 e. The van der Waals surface area contributed by atoms with E-state index in [4.69, 9.17) is 21.1 Å². The van der Waals surface area contributed by atoms with Crippen LogP contribution < -0.4 is 5.73 Å². The minimum atomic E-state index is -2.76. The summed E-state index contributed by atoms with van der Waals surface area (Å²) in [6.07, 6.45) is -0.787. The van der Waals surface area contributed by atoms with Gasteiger partial charge in [0.25, 0.3) is 0 Å². The van der Waals surface area contributed by atoms with Crippen LogP contribution in [0.2, 0.25) is 0 Å². The maximum atomic E-state index is 10.5. The lowest BCUT2D eigenvalue weighted by atomic mass is 9.85. The molecule has 0 aromatic carbocycles. The Kier molecular flexibility index (Phi) is 8.02. The van der Waals surface area contributed by atoms with Crippen molar-refractivity contribution in [3.63, 3.8) is 0 Å². The molecule has 0 saturated carbocycles. The van der Waals surface area contributed by atoms with Crippen molar-refractivity contribution in [2.45, 2.75) is 30.9 Å². The van der Waals surface area contributed by atoms with E-state index in [0.717, 1.165) is 0 Å². The highest BCUT2D eigenvalue weighted by molar-refractivity contribution is 7.74. The molecule has 98 valence electrons. The molecular formula is C8H18NO6S-. The van der Waals surface area contributed by atoms with E-state index in [1.807, 2.05) is 0 Å². The summed E-state index contributed by atoms with van der Waals surface area (Å²) in [5.41, 5.74) is 4.69. The summed E-state index contributed by atoms with van der Waals surface area (Å²) in [4.78, 5) is 0.